The van der Waals surface area contributed by atoms with E-state index in [1.54, 1.807) is 12.3 Å². The van der Waals surface area contributed by atoms with Crippen molar-refractivity contribution in [3.63, 3.8) is 0 Å². The smallest absolute Gasteiger partial charge is 0.260 e. The molecule has 1 saturated carbocycles. The number of fused-ring (bicyclic) bond motifs is 1. The van der Waals surface area contributed by atoms with E-state index < -0.39 is 12.7 Å². The maximum Gasteiger partial charge on any atom is 0.408 e. The molecule has 6 heteroatoms. The van der Waals surface area contributed by atoms with Crippen molar-refractivity contribution in [1.82, 2.24) is 14.8 Å². The summed E-state index contributed by atoms with van der Waals surface area (Å²) in [7, 11) is 0. The highest BCUT2D eigenvalue weighted by atomic mass is 19.4. The summed E-state index contributed by atoms with van der Waals surface area (Å²) in [5, 5.41) is 4.46. The Morgan fingerprint density at radius 3 is 2.70 bits per heavy atom. The van der Waals surface area contributed by atoms with E-state index in [1.807, 2.05) is 0 Å². The molecule has 3 nitrogen and oxygen atoms in total. The van der Waals surface area contributed by atoms with Gasteiger partial charge in [-0.1, -0.05) is 13.8 Å². The van der Waals surface area contributed by atoms with Crippen LogP contribution >= 0.6 is 0 Å². The van der Waals surface area contributed by atoms with Gasteiger partial charge < -0.3 is 0 Å². The van der Waals surface area contributed by atoms with Gasteiger partial charge in [0.2, 0.25) is 0 Å². The first-order valence-corrected chi connectivity index (χ1v) is 6.73. The Morgan fingerprint density at radius 2 is 2.10 bits per heavy atom. The van der Waals surface area contributed by atoms with Crippen LogP contribution in [0.4, 0.5) is 13.2 Å². The Bertz CT molecular complexity index is 630. The zero-order chi connectivity index (χ0) is 14.5. The van der Waals surface area contributed by atoms with Crippen molar-refractivity contribution in [1.29, 1.82) is 0 Å². The molecule has 0 amide bonds. The molecule has 1 aliphatic rings. The minimum atomic E-state index is -4.26. The van der Waals surface area contributed by atoms with E-state index in [2.05, 4.69) is 23.9 Å². The molecule has 20 heavy (non-hydrogen) atoms. The van der Waals surface area contributed by atoms with Crippen LogP contribution in [-0.2, 0) is 6.54 Å². The summed E-state index contributed by atoms with van der Waals surface area (Å²) in [5.74, 6) is 1.56. The lowest BCUT2D eigenvalue weighted by molar-refractivity contribution is -0.141. The van der Waals surface area contributed by atoms with Gasteiger partial charge in [0.15, 0.2) is 0 Å². The number of pyridine rings is 1. The highest BCUT2D eigenvalue weighted by Gasteiger charge is 2.41. The normalized spacial score (nSPS) is 22.7. The predicted molar refractivity (Wildman–Crippen MR) is 69.3 cm³/mol. The van der Waals surface area contributed by atoms with E-state index in [-0.39, 0.29) is 0 Å². The second-order valence-corrected chi connectivity index (χ2v) is 5.84. The largest absolute Gasteiger partial charge is 0.408 e. The molecule has 1 fully saturated rings. The fourth-order valence-electron chi connectivity index (χ4n) is 2.78. The van der Waals surface area contributed by atoms with Gasteiger partial charge in [0, 0.05) is 23.2 Å². The van der Waals surface area contributed by atoms with Crippen LogP contribution in [0.25, 0.3) is 10.9 Å². The number of nitrogens with zero attached hydrogens (tertiary/aromatic N) is 3. The van der Waals surface area contributed by atoms with Gasteiger partial charge in [0.05, 0.1) is 11.7 Å². The molecule has 2 aromatic heterocycles. The Hall–Kier alpha value is -1.59. The van der Waals surface area contributed by atoms with Gasteiger partial charge in [0.1, 0.15) is 6.54 Å². The van der Waals surface area contributed by atoms with E-state index in [9.17, 15) is 13.2 Å². The Kier molecular flexibility index (Phi) is 2.99. The highest BCUT2D eigenvalue weighted by Crippen LogP contribution is 2.51. The quantitative estimate of drug-likeness (QED) is 0.858. The van der Waals surface area contributed by atoms with Crippen molar-refractivity contribution in [3.05, 3.63) is 24.2 Å². The summed E-state index contributed by atoms with van der Waals surface area (Å²) in [6, 6.07) is 1.76. The molecule has 0 spiro atoms. The highest BCUT2D eigenvalue weighted by molar-refractivity contribution is 5.78. The number of hydrogen-bond acceptors (Lipinski definition) is 2. The molecule has 2 aromatic rings. The molecule has 0 unspecified atom stereocenters. The van der Waals surface area contributed by atoms with Crippen molar-refractivity contribution >= 4 is 10.9 Å². The predicted octanol–water partition coefficient (Wildman–Crippen LogP) is 3.75. The van der Waals surface area contributed by atoms with Crippen LogP contribution in [0.3, 0.4) is 0 Å². The van der Waals surface area contributed by atoms with Gasteiger partial charge in [-0.25, -0.2) is 0 Å². The van der Waals surface area contributed by atoms with E-state index in [1.165, 1.54) is 6.20 Å². The van der Waals surface area contributed by atoms with Gasteiger partial charge in [-0.3, -0.25) is 9.67 Å². The number of hydrogen-bond donors (Lipinski definition) is 0. The molecule has 108 valence electrons. The molecular formula is C14H16F3N3. The van der Waals surface area contributed by atoms with Crippen LogP contribution in [-0.4, -0.2) is 20.9 Å². The Labute approximate surface area is 114 Å². The van der Waals surface area contributed by atoms with E-state index in [0.29, 0.717) is 28.7 Å². The zero-order valence-corrected chi connectivity index (χ0v) is 11.4. The average Bonchev–Trinajstić information content (AvgIpc) is 3.06. The second-order valence-electron chi connectivity index (χ2n) is 5.84. The monoisotopic (exact) mass is 283 g/mol. The minimum absolute atomic E-state index is 0.383. The SMILES string of the molecule is CC(C)[C@H]1C[C@@H]1c1cc2c(cn1)cnn2CC(F)(F)F. The van der Waals surface area contributed by atoms with Crippen molar-refractivity contribution in [2.45, 2.75) is 38.9 Å². The Balaban J connectivity index is 1.92. The molecule has 1 aliphatic carbocycles. The van der Waals surface area contributed by atoms with E-state index in [4.69, 9.17) is 0 Å². The molecule has 0 bridgehead atoms. The maximum atomic E-state index is 12.5. The average molecular weight is 283 g/mol. The summed E-state index contributed by atoms with van der Waals surface area (Å²) in [5.41, 5.74) is 1.40. The lowest BCUT2D eigenvalue weighted by Gasteiger charge is -2.08. The molecule has 0 radical (unpaired) electrons. The molecule has 0 aromatic carbocycles. The van der Waals surface area contributed by atoms with Crippen LogP contribution in [0.5, 0.6) is 0 Å². The van der Waals surface area contributed by atoms with Crippen molar-refractivity contribution in [3.8, 4) is 0 Å². The summed E-state index contributed by atoms with van der Waals surface area (Å²) in [6.45, 7) is 3.27. The fraction of sp³-hybridized carbons (Fsp3) is 0.571. The van der Waals surface area contributed by atoms with Crippen LogP contribution in [0.15, 0.2) is 18.5 Å². The first-order chi connectivity index (χ1) is 9.35. The number of alkyl halides is 3. The van der Waals surface area contributed by atoms with E-state index >= 15 is 0 Å². The van der Waals surface area contributed by atoms with E-state index in [0.717, 1.165) is 16.8 Å². The topological polar surface area (TPSA) is 30.7 Å². The third-order valence-electron chi connectivity index (χ3n) is 3.95. The maximum absolute atomic E-state index is 12.5. The summed E-state index contributed by atoms with van der Waals surface area (Å²) >= 11 is 0. The number of aromatic nitrogens is 3. The van der Waals surface area contributed by atoms with Crippen LogP contribution in [0.1, 0.15) is 31.9 Å². The molecule has 2 heterocycles. The Morgan fingerprint density at radius 1 is 1.35 bits per heavy atom. The second kappa shape index (κ2) is 4.46. The minimum Gasteiger partial charge on any atom is -0.260 e. The van der Waals surface area contributed by atoms with Crippen LogP contribution in [0, 0.1) is 11.8 Å². The number of rotatable bonds is 3. The first kappa shape index (κ1) is 13.4. The summed E-state index contributed by atoms with van der Waals surface area (Å²) in [6.07, 6.45) is -0.128. The van der Waals surface area contributed by atoms with Gasteiger partial charge in [-0.15, -0.1) is 0 Å². The van der Waals surface area contributed by atoms with Gasteiger partial charge in [-0.05, 0) is 24.3 Å². The lowest BCUT2D eigenvalue weighted by Crippen LogP contribution is -2.18. The zero-order valence-electron chi connectivity index (χ0n) is 11.4. The van der Waals surface area contributed by atoms with Gasteiger partial charge >= 0.3 is 6.18 Å². The standard InChI is InChI=1S/C14H16F3N3/c1-8(2)10-3-11(10)12-4-13-9(5-18-12)6-19-20(13)7-14(15,16)17/h4-6,8,10-11H,3,7H2,1-2H3/t10-,11+/m1/s1. The third kappa shape index (κ3) is 2.51. The summed E-state index contributed by atoms with van der Waals surface area (Å²) < 4.78 is 38.5. The lowest BCUT2D eigenvalue weighted by atomic mass is 10.1. The molecule has 2 atom stereocenters. The summed E-state index contributed by atoms with van der Waals surface area (Å²) in [4.78, 5) is 4.38. The molecule has 0 N–H and O–H groups in total. The van der Waals surface area contributed by atoms with Gasteiger partial charge in [0.25, 0.3) is 0 Å². The van der Waals surface area contributed by atoms with Crippen LogP contribution < -0.4 is 0 Å². The fourth-order valence-corrected chi connectivity index (χ4v) is 2.78. The molecule has 0 aliphatic heterocycles. The number of halogens is 3. The first-order valence-electron chi connectivity index (χ1n) is 6.73. The molecule has 0 saturated heterocycles. The molecule has 3 rings (SSSR count). The van der Waals surface area contributed by atoms with Gasteiger partial charge in [-0.2, -0.15) is 18.3 Å². The van der Waals surface area contributed by atoms with Crippen molar-refractivity contribution in [2.24, 2.45) is 11.8 Å². The van der Waals surface area contributed by atoms with Crippen LogP contribution in [0.2, 0.25) is 0 Å². The van der Waals surface area contributed by atoms with Crippen molar-refractivity contribution < 1.29 is 13.2 Å². The third-order valence-corrected chi connectivity index (χ3v) is 3.95. The molecular weight excluding hydrogens is 267 g/mol. The van der Waals surface area contributed by atoms with Crippen molar-refractivity contribution in [2.75, 3.05) is 0 Å².